The lowest BCUT2D eigenvalue weighted by Gasteiger charge is -2.07. The molecule has 0 atom stereocenters. The highest BCUT2D eigenvalue weighted by Crippen LogP contribution is 2.30. The van der Waals surface area contributed by atoms with Gasteiger partial charge in [0.1, 0.15) is 4.32 Å². The number of carbonyl (C=O) groups is 1. The van der Waals surface area contributed by atoms with Crippen LogP contribution >= 0.6 is 35.6 Å². The Morgan fingerprint density at radius 2 is 1.92 bits per heavy atom. The zero-order valence-corrected chi connectivity index (χ0v) is 15.4. The Kier molecular flexibility index (Phi) is 4.37. The highest BCUT2D eigenvalue weighted by atomic mass is 35.5. The standard InChI is InChI=1S/C19H13ClN2OS2/c20-15-7-3-1-5-12(15)10-22-11-13(14-6-2-4-8-16(14)22)9-17-18(23)21-19(24)25-17/h1-9,11H,10H2,(H,21,23,24)/b17-9-. The molecular weight excluding hydrogens is 372 g/mol. The van der Waals surface area contributed by atoms with Crippen molar-refractivity contribution in [2.24, 2.45) is 0 Å². The third-order valence-corrected chi connectivity index (χ3v) is 5.58. The van der Waals surface area contributed by atoms with Crippen LogP contribution in [0, 0.1) is 0 Å². The summed E-state index contributed by atoms with van der Waals surface area (Å²) >= 11 is 12.7. The van der Waals surface area contributed by atoms with Crippen molar-refractivity contribution in [3.63, 3.8) is 0 Å². The normalized spacial score (nSPS) is 16.0. The van der Waals surface area contributed by atoms with Crippen LogP contribution < -0.4 is 5.32 Å². The Hall–Kier alpha value is -2.08. The number of para-hydroxylation sites is 1. The third kappa shape index (κ3) is 3.23. The smallest absolute Gasteiger partial charge is 0.263 e. The molecule has 0 unspecified atom stereocenters. The number of carbonyl (C=O) groups excluding carboxylic acids is 1. The number of thiocarbonyl (C=S) groups is 1. The molecule has 1 aliphatic rings. The van der Waals surface area contributed by atoms with E-state index in [1.54, 1.807) is 0 Å². The lowest BCUT2D eigenvalue weighted by Crippen LogP contribution is -2.17. The first-order valence-corrected chi connectivity index (χ1v) is 9.28. The summed E-state index contributed by atoms with van der Waals surface area (Å²) in [7, 11) is 0. The Labute approximate surface area is 159 Å². The van der Waals surface area contributed by atoms with Gasteiger partial charge in [0.2, 0.25) is 0 Å². The predicted octanol–water partition coefficient (Wildman–Crippen LogP) is 4.83. The molecule has 0 saturated carbocycles. The van der Waals surface area contributed by atoms with Gasteiger partial charge in [0.05, 0.1) is 4.91 Å². The number of thioether (sulfide) groups is 1. The summed E-state index contributed by atoms with van der Waals surface area (Å²) in [6.45, 7) is 0.668. The minimum atomic E-state index is -0.141. The molecule has 1 fully saturated rings. The number of halogens is 1. The molecule has 0 bridgehead atoms. The SMILES string of the molecule is O=C1NC(=S)S/C1=C\c1cn(Cc2ccccc2Cl)c2ccccc12. The van der Waals surface area contributed by atoms with E-state index in [9.17, 15) is 4.79 Å². The maximum Gasteiger partial charge on any atom is 0.263 e. The molecule has 1 saturated heterocycles. The molecule has 25 heavy (non-hydrogen) atoms. The summed E-state index contributed by atoms with van der Waals surface area (Å²) in [4.78, 5) is 12.6. The van der Waals surface area contributed by atoms with Crippen LogP contribution in [0.5, 0.6) is 0 Å². The summed E-state index contributed by atoms with van der Waals surface area (Å²) in [6.07, 6.45) is 3.95. The van der Waals surface area contributed by atoms with Crippen molar-refractivity contribution in [2.45, 2.75) is 6.54 Å². The van der Waals surface area contributed by atoms with Gasteiger partial charge in [-0.2, -0.15) is 0 Å². The average molecular weight is 385 g/mol. The highest BCUT2D eigenvalue weighted by molar-refractivity contribution is 8.26. The quantitative estimate of drug-likeness (QED) is 0.518. The van der Waals surface area contributed by atoms with E-state index in [1.807, 2.05) is 42.5 Å². The van der Waals surface area contributed by atoms with Crippen LogP contribution in [-0.4, -0.2) is 14.8 Å². The number of aromatic nitrogens is 1. The van der Waals surface area contributed by atoms with Gasteiger partial charge < -0.3 is 9.88 Å². The number of nitrogens with one attached hydrogen (secondary N) is 1. The lowest BCUT2D eigenvalue weighted by atomic mass is 10.1. The summed E-state index contributed by atoms with van der Waals surface area (Å²) in [6, 6.07) is 16.0. The van der Waals surface area contributed by atoms with Gasteiger partial charge in [-0.3, -0.25) is 4.79 Å². The Balaban J connectivity index is 1.79. The second-order valence-electron chi connectivity index (χ2n) is 5.67. The molecule has 3 aromatic rings. The first-order chi connectivity index (χ1) is 12.1. The van der Waals surface area contributed by atoms with Crippen molar-refractivity contribution < 1.29 is 4.79 Å². The summed E-state index contributed by atoms with van der Waals surface area (Å²) in [5.74, 6) is -0.141. The maximum atomic E-state index is 12.0. The fourth-order valence-corrected chi connectivity index (χ4v) is 4.12. The zero-order chi connectivity index (χ0) is 17.4. The minimum absolute atomic E-state index is 0.141. The van der Waals surface area contributed by atoms with Crippen molar-refractivity contribution in [1.82, 2.24) is 9.88 Å². The van der Waals surface area contributed by atoms with E-state index in [4.69, 9.17) is 23.8 Å². The van der Waals surface area contributed by atoms with Crippen LogP contribution in [0.2, 0.25) is 5.02 Å². The van der Waals surface area contributed by atoms with Gasteiger partial charge in [-0.05, 0) is 23.8 Å². The number of amides is 1. The second kappa shape index (κ2) is 6.67. The van der Waals surface area contributed by atoms with Gasteiger partial charge in [0.15, 0.2) is 0 Å². The molecule has 3 nitrogen and oxygen atoms in total. The molecular formula is C19H13ClN2OS2. The van der Waals surface area contributed by atoms with Crippen molar-refractivity contribution in [3.8, 4) is 0 Å². The van der Waals surface area contributed by atoms with Crippen LogP contribution in [0.4, 0.5) is 0 Å². The molecule has 0 spiro atoms. The van der Waals surface area contributed by atoms with Crippen LogP contribution in [0.1, 0.15) is 11.1 Å². The van der Waals surface area contributed by atoms with Gasteiger partial charge >= 0.3 is 0 Å². The van der Waals surface area contributed by atoms with E-state index in [-0.39, 0.29) is 5.91 Å². The number of hydrogen-bond acceptors (Lipinski definition) is 3. The third-order valence-electron chi connectivity index (χ3n) is 4.05. The van der Waals surface area contributed by atoms with Crippen LogP contribution in [0.3, 0.4) is 0 Å². The Morgan fingerprint density at radius 3 is 2.68 bits per heavy atom. The van der Waals surface area contributed by atoms with Gasteiger partial charge in [-0.1, -0.05) is 72.0 Å². The van der Waals surface area contributed by atoms with E-state index in [2.05, 4.69) is 28.2 Å². The van der Waals surface area contributed by atoms with Crippen LogP contribution in [0.15, 0.2) is 59.6 Å². The van der Waals surface area contributed by atoms with Gasteiger partial charge in [-0.15, -0.1) is 0 Å². The summed E-state index contributed by atoms with van der Waals surface area (Å²) in [5.41, 5.74) is 3.14. The fourth-order valence-electron chi connectivity index (χ4n) is 2.89. The Morgan fingerprint density at radius 1 is 1.16 bits per heavy atom. The lowest BCUT2D eigenvalue weighted by molar-refractivity contribution is -0.115. The molecule has 124 valence electrons. The summed E-state index contributed by atoms with van der Waals surface area (Å²) < 4.78 is 2.65. The second-order valence-corrected chi connectivity index (χ2v) is 7.80. The monoisotopic (exact) mass is 384 g/mol. The summed E-state index contributed by atoms with van der Waals surface area (Å²) in [5, 5.41) is 4.49. The van der Waals surface area contributed by atoms with Gasteiger partial charge in [0.25, 0.3) is 5.91 Å². The highest BCUT2D eigenvalue weighted by Gasteiger charge is 2.22. The van der Waals surface area contributed by atoms with E-state index < -0.39 is 0 Å². The van der Waals surface area contributed by atoms with E-state index >= 15 is 0 Å². The number of rotatable bonds is 3. The largest absolute Gasteiger partial charge is 0.342 e. The molecule has 1 N–H and O–H groups in total. The van der Waals surface area contributed by atoms with Crippen molar-refractivity contribution in [1.29, 1.82) is 0 Å². The molecule has 0 aliphatic carbocycles. The molecule has 1 amide bonds. The van der Waals surface area contributed by atoms with Crippen molar-refractivity contribution >= 4 is 62.8 Å². The first-order valence-electron chi connectivity index (χ1n) is 7.68. The number of benzene rings is 2. The number of fused-ring (bicyclic) bond motifs is 1. The molecule has 1 aromatic heterocycles. The van der Waals surface area contributed by atoms with Gasteiger partial charge in [0, 0.05) is 34.2 Å². The van der Waals surface area contributed by atoms with E-state index in [1.165, 1.54) is 11.8 Å². The fraction of sp³-hybridized carbons (Fsp3) is 0.0526. The molecule has 2 heterocycles. The number of nitrogens with zero attached hydrogens (tertiary/aromatic N) is 1. The zero-order valence-electron chi connectivity index (χ0n) is 13.0. The molecule has 6 heteroatoms. The van der Waals surface area contributed by atoms with Gasteiger partial charge in [-0.25, -0.2) is 0 Å². The van der Waals surface area contributed by atoms with E-state index in [0.29, 0.717) is 15.8 Å². The van der Waals surface area contributed by atoms with E-state index in [0.717, 1.165) is 27.1 Å². The predicted molar refractivity (Wildman–Crippen MR) is 109 cm³/mol. The Bertz CT molecular complexity index is 1040. The molecule has 2 aromatic carbocycles. The van der Waals surface area contributed by atoms with Crippen molar-refractivity contribution in [2.75, 3.05) is 0 Å². The van der Waals surface area contributed by atoms with Crippen LogP contribution in [0.25, 0.3) is 17.0 Å². The maximum absolute atomic E-state index is 12.0. The average Bonchev–Trinajstić information content (AvgIpc) is 3.10. The minimum Gasteiger partial charge on any atom is -0.342 e. The topological polar surface area (TPSA) is 34.0 Å². The molecule has 1 aliphatic heterocycles. The molecule has 0 radical (unpaired) electrons. The van der Waals surface area contributed by atoms with Crippen molar-refractivity contribution in [3.05, 3.63) is 75.8 Å². The van der Waals surface area contributed by atoms with Crippen LogP contribution in [-0.2, 0) is 11.3 Å². The molecule has 4 rings (SSSR count). The number of hydrogen-bond donors (Lipinski definition) is 1. The first kappa shape index (κ1) is 16.4.